The Morgan fingerprint density at radius 3 is 2.53 bits per heavy atom. The molecule has 0 amide bonds. The minimum absolute atomic E-state index is 0.283. The summed E-state index contributed by atoms with van der Waals surface area (Å²) in [6.45, 7) is 0. The van der Waals surface area contributed by atoms with E-state index in [0.717, 1.165) is 31.2 Å². The number of sulfonamides is 1. The number of fused-ring (bicyclic) bond motifs is 1. The van der Waals surface area contributed by atoms with Gasteiger partial charge in [0.25, 0.3) is 10.0 Å². The number of aromatic nitrogens is 4. The van der Waals surface area contributed by atoms with Crippen LogP contribution in [-0.4, -0.2) is 28.2 Å². The maximum atomic E-state index is 12.8. The van der Waals surface area contributed by atoms with E-state index in [0.29, 0.717) is 23.1 Å². The van der Waals surface area contributed by atoms with Crippen LogP contribution >= 0.6 is 0 Å². The number of benzene rings is 2. The molecular formula is C23H21N5O3S. The Kier molecular flexibility index (Phi) is 5.32. The molecule has 0 saturated heterocycles. The molecule has 2 heterocycles. The van der Waals surface area contributed by atoms with Gasteiger partial charge in [-0.2, -0.15) is 5.10 Å². The Hall–Kier alpha value is -3.72. The van der Waals surface area contributed by atoms with Gasteiger partial charge in [0.05, 0.1) is 4.90 Å². The van der Waals surface area contributed by atoms with Crippen LogP contribution in [0.4, 0.5) is 5.69 Å². The number of hydrogen-bond acceptors (Lipinski definition) is 6. The zero-order valence-corrected chi connectivity index (χ0v) is 18.0. The highest BCUT2D eigenvalue weighted by Crippen LogP contribution is 2.27. The molecule has 0 aliphatic heterocycles. The number of anilines is 1. The van der Waals surface area contributed by atoms with Gasteiger partial charge in [0.2, 0.25) is 5.88 Å². The van der Waals surface area contributed by atoms with Gasteiger partial charge in [-0.05, 0) is 79.3 Å². The highest BCUT2D eigenvalue weighted by molar-refractivity contribution is 7.92. The Morgan fingerprint density at radius 2 is 1.75 bits per heavy atom. The molecule has 0 atom stereocenters. The molecule has 32 heavy (non-hydrogen) atoms. The largest absolute Gasteiger partial charge is 0.439 e. The molecule has 1 aliphatic carbocycles. The number of nitrogens with one attached hydrogen (secondary N) is 1. The van der Waals surface area contributed by atoms with E-state index >= 15 is 0 Å². The van der Waals surface area contributed by atoms with E-state index in [4.69, 9.17) is 4.74 Å². The topological polar surface area (TPSA) is 99.0 Å². The molecule has 2 aromatic heterocycles. The predicted molar refractivity (Wildman–Crippen MR) is 120 cm³/mol. The summed E-state index contributed by atoms with van der Waals surface area (Å²) in [4.78, 5) is 8.56. The lowest BCUT2D eigenvalue weighted by molar-refractivity contribution is 0.460. The molecule has 0 radical (unpaired) electrons. The number of aryl methyl sites for hydroxylation is 2. The summed E-state index contributed by atoms with van der Waals surface area (Å²) in [6, 6.07) is 15.5. The monoisotopic (exact) mass is 447 g/mol. The van der Waals surface area contributed by atoms with Gasteiger partial charge in [-0.25, -0.2) is 23.1 Å². The third-order valence-corrected chi connectivity index (χ3v) is 6.70. The van der Waals surface area contributed by atoms with Gasteiger partial charge < -0.3 is 4.74 Å². The molecule has 1 N–H and O–H groups in total. The molecule has 1 aliphatic rings. The van der Waals surface area contributed by atoms with Crippen molar-refractivity contribution in [1.29, 1.82) is 0 Å². The van der Waals surface area contributed by atoms with E-state index in [9.17, 15) is 8.42 Å². The van der Waals surface area contributed by atoms with Crippen LogP contribution < -0.4 is 9.46 Å². The first kappa shape index (κ1) is 20.2. The van der Waals surface area contributed by atoms with Crippen LogP contribution in [-0.2, 0) is 22.9 Å². The lowest BCUT2D eigenvalue weighted by atomic mass is 9.92. The molecule has 162 valence electrons. The lowest BCUT2D eigenvalue weighted by Crippen LogP contribution is -2.14. The van der Waals surface area contributed by atoms with Crippen molar-refractivity contribution in [3.05, 3.63) is 84.4 Å². The van der Waals surface area contributed by atoms with Crippen LogP contribution in [0.25, 0.3) is 5.82 Å². The first-order valence-corrected chi connectivity index (χ1v) is 11.8. The second kappa shape index (κ2) is 8.43. The predicted octanol–water partition coefficient (Wildman–Crippen LogP) is 4.13. The van der Waals surface area contributed by atoms with Gasteiger partial charge in [-0.15, -0.1) is 0 Å². The van der Waals surface area contributed by atoms with Crippen molar-refractivity contribution >= 4 is 15.7 Å². The van der Waals surface area contributed by atoms with Crippen molar-refractivity contribution < 1.29 is 13.2 Å². The molecule has 8 nitrogen and oxygen atoms in total. The van der Waals surface area contributed by atoms with Crippen LogP contribution in [0.2, 0.25) is 0 Å². The summed E-state index contributed by atoms with van der Waals surface area (Å²) in [5, 5.41) is 4.13. The van der Waals surface area contributed by atoms with Crippen LogP contribution in [0.15, 0.2) is 78.2 Å². The summed E-state index contributed by atoms with van der Waals surface area (Å²) in [7, 11) is -3.67. The second-order valence-corrected chi connectivity index (χ2v) is 9.22. The summed E-state index contributed by atoms with van der Waals surface area (Å²) < 4.78 is 35.7. The fraction of sp³-hybridized carbons (Fsp3) is 0.174. The van der Waals surface area contributed by atoms with Gasteiger partial charge in [0, 0.05) is 24.1 Å². The molecule has 4 aromatic rings. The Labute approximate surface area is 186 Å². The average molecular weight is 448 g/mol. The number of hydrogen-bond donors (Lipinski definition) is 1. The Balaban J connectivity index is 1.29. The maximum Gasteiger partial charge on any atom is 0.261 e. The first-order chi connectivity index (χ1) is 15.6. The van der Waals surface area contributed by atoms with E-state index in [-0.39, 0.29) is 4.90 Å². The fourth-order valence-electron chi connectivity index (χ4n) is 3.72. The van der Waals surface area contributed by atoms with E-state index in [1.165, 1.54) is 11.9 Å². The molecule has 0 spiro atoms. The zero-order valence-electron chi connectivity index (χ0n) is 17.2. The van der Waals surface area contributed by atoms with Crippen LogP contribution in [0.5, 0.6) is 11.6 Å². The van der Waals surface area contributed by atoms with Crippen molar-refractivity contribution in [1.82, 2.24) is 19.7 Å². The second-order valence-electron chi connectivity index (χ2n) is 7.53. The van der Waals surface area contributed by atoms with Gasteiger partial charge in [0.1, 0.15) is 12.1 Å². The highest BCUT2D eigenvalue weighted by atomic mass is 32.2. The van der Waals surface area contributed by atoms with Crippen LogP contribution in [0, 0.1) is 0 Å². The molecule has 0 unspecified atom stereocenters. The Bertz CT molecular complexity index is 1340. The molecule has 0 fully saturated rings. The Morgan fingerprint density at radius 1 is 0.938 bits per heavy atom. The molecule has 2 aromatic carbocycles. The summed E-state index contributed by atoms with van der Waals surface area (Å²) in [5.41, 5.74) is 2.83. The third-order valence-electron chi connectivity index (χ3n) is 5.33. The third kappa shape index (κ3) is 4.33. The van der Waals surface area contributed by atoms with Crippen LogP contribution in [0.1, 0.15) is 24.0 Å². The first-order valence-electron chi connectivity index (χ1n) is 10.3. The van der Waals surface area contributed by atoms with E-state index in [1.54, 1.807) is 65.6 Å². The van der Waals surface area contributed by atoms with Crippen molar-refractivity contribution in [3.63, 3.8) is 0 Å². The zero-order chi connectivity index (χ0) is 22.0. The average Bonchev–Trinajstić information content (AvgIpc) is 3.35. The molecule has 9 heteroatoms. The standard InChI is InChI=1S/C23H21N5O3S/c29-32(30,21-11-6-17-4-1-2-5-18(17)14-21)27-19-7-9-20(10-8-19)31-23-15-22(24-16-25-23)28-13-3-12-26-28/h3,6-16,27H,1-2,4-5H2. The summed E-state index contributed by atoms with van der Waals surface area (Å²) >= 11 is 0. The fourth-order valence-corrected chi connectivity index (χ4v) is 4.83. The van der Waals surface area contributed by atoms with Crippen LogP contribution in [0.3, 0.4) is 0 Å². The van der Waals surface area contributed by atoms with Crippen molar-refractivity contribution in [2.75, 3.05) is 4.72 Å². The highest BCUT2D eigenvalue weighted by Gasteiger charge is 2.18. The number of nitrogens with zero attached hydrogens (tertiary/aromatic N) is 4. The van der Waals surface area contributed by atoms with E-state index in [1.807, 2.05) is 6.07 Å². The summed E-state index contributed by atoms with van der Waals surface area (Å²) in [6.07, 6.45) is 9.03. The van der Waals surface area contributed by atoms with Crippen molar-refractivity contribution in [2.24, 2.45) is 0 Å². The molecule has 0 bridgehead atoms. The molecule has 5 rings (SSSR count). The van der Waals surface area contributed by atoms with Crippen molar-refractivity contribution in [3.8, 4) is 17.4 Å². The number of ether oxygens (including phenoxy) is 1. The van der Waals surface area contributed by atoms with E-state index < -0.39 is 10.0 Å². The van der Waals surface area contributed by atoms with Gasteiger partial charge in [0.15, 0.2) is 5.82 Å². The smallest absolute Gasteiger partial charge is 0.261 e. The normalized spacial score (nSPS) is 13.4. The summed E-state index contributed by atoms with van der Waals surface area (Å²) in [5.74, 6) is 1.45. The lowest BCUT2D eigenvalue weighted by Gasteiger charge is -2.17. The van der Waals surface area contributed by atoms with Gasteiger partial charge in [-0.1, -0.05) is 6.07 Å². The molecular weight excluding hydrogens is 426 g/mol. The van der Waals surface area contributed by atoms with E-state index in [2.05, 4.69) is 19.8 Å². The minimum Gasteiger partial charge on any atom is -0.439 e. The van der Waals surface area contributed by atoms with Gasteiger partial charge >= 0.3 is 0 Å². The SMILES string of the molecule is O=S(=O)(Nc1ccc(Oc2cc(-n3cccn3)ncn2)cc1)c1ccc2c(c1)CCCC2. The van der Waals surface area contributed by atoms with Gasteiger partial charge in [-0.3, -0.25) is 4.72 Å². The van der Waals surface area contributed by atoms with Crippen molar-refractivity contribution in [2.45, 2.75) is 30.6 Å². The minimum atomic E-state index is -3.67. The maximum absolute atomic E-state index is 12.8. The quantitative estimate of drug-likeness (QED) is 0.477. The molecule has 0 saturated carbocycles. The number of rotatable bonds is 6.